The summed E-state index contributed by atoms with van der Waals surface area (Å²) in [5.41, 5.74) is 2.00. The lowest BCUT2D eigenvalue weighted by Gasteiger charge is -2.06. The van der Waals surface area contributed by atoms with Gasteiger partial charge in [-0.3, -0.25) is 4.98 Å². The lowest BCUT2D eigenvalue weighted by atomic mass is 10.1. The van der Waals surface area contributed by atoms with Crippen LogP contribution in [-0.2, 0) is 4.84 Å². The molecular weight excluding hydrogens is 307 g/mol. The van der Waals surface area contributed by atoms with E-state index in [1.807, 2.05) is 36.4 Å². The molecule has 0 saturated heterocycles. The highest BCUT2D eigenvalue weighted by atomic mass is 19.1. The number of benzene rings is 2. The van der Waals surface area contributed by atoms with Crippen LogP contribution in [0.4, 0.5) is 4.39 Å². The predicted molar refractivity (Wildman–Crippen MR) is 88.1 cm³/mol. The van der Waals surface area contributed by atoms with Crippen molar-refractivity contribution in [2.24, 2.45) is 5.16 Å². The van der Waals surface area contributed by atoms with Crippen molar-refractivity contribution >= 4 is 11.7 Å². The predicted octanol–water partition coefficient (Wildman–Crippen LogP) is 3.83. The summed E-state index contributed by atoms with van der Waals surface area (Å²) in [5.74, 6) is -1.09. The van der Waals surface area contributed by atoms with Gasteiger partial charge in [-0.15, -0.1) is 0 Å². The second kappa shape index (κ2) is 7.28. The summed E-state index contributed by atoms with van der Waals surface area (Å²) in [7, 11) is 0. The number of hydrogen-bond acceptors (Lipinski definition) is 4. The van der Waals surface area contributed by atoms with Gasteiger partial charge in [0.25, 0.3) is 0 Å². The third-order valence-electron chi connectivity index (χ3n) is 3.25. The molecule has 5 heteroatoms. The van der Waals surface area contributed by atoms with Gasteiger partial charge >= 0.3 is 5.97 Å². The Labute approximate surface area is 138 Å². The van der Waals surface area contributed by atoms with Crippen molar-refractivity contribution in [3.8, 4) is 0 Å². The summed E-state index contributed by atoms with van der Waals surface area (Å²) in [6.07, 6.45) is 1.63. The zero-order valence-corrected chi connectivity index (χ0v) is 12.6. The third kappa shape index (κ3) is 3.70. The smallest absolute Gasteiger partial charge is 0.312 e. The molecule has 2 aromatic carbocycles. The molecule has 3 rings (SSSR count). The average molecular weight is 320 g/mol. The Morgan fingerprint density at radius 1 is 0.875 bits per heavy atom. The van der Waals surface area contributed by atoms with Crippen LogP contribution in [0, 0.1) is 5.82 Å². The van der Waals surface area contributed by atoms with Crippen molar-refractivity contribution in [2.45, 2.75) is 0 Å². The second-order valence-corrected chi connectivity index (χ2v) is 4.91. The molecule has 0 amide bonds. The average Bonchev–Trinajstić information content (AvgIpc) is 2.64. The summed E-state index contributed by atoms with van der Waals surface area (Å²) >= 11 is 0. The van der Waals surface area contributed by atoms with E-state index in [0.717, 1.165) is 5.56 Å². The Kier molecular flexibility index (Phi) is 4.72. The number of halogens is 1. The summed E-state index contributed by atoms with van der Waals surface area (Å²) in [5, 5.41) is 3.97. The van der Waals surface area contributed by atoms with Gasteiger partial charge in [0.2, 0.25) is 0 Å². The molecule has 0 bridgehead atoms. The Bertz CT molecular complexity index is 806. The van der Waals surface area contributed by atoms with Gasteiger partial charge in [-0.1, -0.05) is 41.6 Å². The second-order valence-electron chi connectivity index (χ2n) is 4.91. The number of nitrogens with zero attached hydrogens (tertiary/aromatic N) is 2. The van der Waals surface area contributed by atoms with Crippen molar-refractivity contribution in [1.29, 1.82) is 0 Å². The van der Waals surface area contributed by atoms with Crippen LogP contribution in [0.5, 0.6) is 0 Å². The van der Waals surface area contributed by atoms with Gasteiger partial charge in [0.1, 0.15) is 11.5 Å². The van der Waals surface area contributed by atoms with Crippen LogP contribution in [0.2, 0.25) is 0 Å². The van der Waals surface area contributed by atoms with Crippen LogP contribution < -0.4 is 0 Å². The van der Waals surface area contributed by atoms with Gasteiger partial charge in [-0.2, -0.15) is 0 Å². The molecule has 0 atom stereocenters. The molecule has 1 heterocycles. The number of carbonyl (C=O) groups is 1. The first-order valence-corrected chi connectivity index (χ1v) is 7.26. The van der Waals surface area contributed by atoms with E-state index in [2.05, 4.69) is 10.1 Å². The Morgan fingerprint density at radius 3 is 2.25 bits per heavy atom. The molecule has 1 aromatic heterocycles. The molecule has 0 unspecified atom stereocenters. The van der Waals surface area contributed by atoms with E-state index in [0.29, 0.717) is 11.4 Å². The van der Waals surface area contributed by atoms with E-state index in [1.165, 1.54) is 24.3 Å². The molecule has 0 fully saturated rings. The normalized spacial score (nSPS) is 11.1. The third-order valence-corrected chi connectivity index (χ3v) is 3.25. The van der Waals surface area contributed by atoms with E-state index in [1.54, 1.807) is 18.3 Å². The van der Waals surface area contributed by atoms with E-state index >= 15 is 0 Å². The fourth-order valence-electron chi connectivity index (χ4n) is 2.07. The highest BCUT2D eigenvalue weighted by Gasteiger charge is 2.12. The molecule has 4 nitrogen and oxygen atoms in total. The zero-order valence-electron chi connectivity index (χ0n) is 12.6. The van der Waals surface area contributed by atoms with Crippen LogP contribution in [0.25, 0.3) is 0 Å². The standard InChI is InChI=1S/C19H13FN2O2/c20-16-11-9-15(10-12-16)19(23)24-22-18(14-6-2-1-3-7-14)17-8-4-5-13-21-17/h1-13H/b22-18+. The number of carbonyl (C=O) groups excluding carboxylic acids is 1. The van der Waals surface area contributed by atoms with Crippen LogP contribution in [0.15, 0.2) is 84.1 Å². The van der Waals surface area contributed by atoms with Crippen molar-refractivity contribution in [2.75, 3.05) is 0 Å². The topological polar surface area (TPSA) is 51.5 Å². The number of aromatic nitrogens is 1. The first-order valence-electron chi connectivity index (χ1n) is 7.26. The number of pyridine rings is 1. The van der Waals surface area contributed by atoms with E-state index in [-0.39, 0.29) is 5.56 Å². The summed E-state index contributed by atoms with van der Waals surface area (Å²) < 4.78 is 12.9. The van der Waals surface area contributed by atoms with Crippen molar-refractivity contribution in [1.82, 2.24) is 4.98 Å². The Hall–Kier alpha value is -3.34. The van der Waals surface area contributed by atoms with Crippen molar-refractivity contribution in [3.63, 3.8) is 0 Å². The van der Waals surface area contributed by atoms with E-state index in [9.17, 15) is 9.18 Å². The summed E-state index contributed by atoms with van der Waals surface area (Å²) in [6.45, 7) is 0. The first kappa shape index (κ1) is 15.6. The minimum atomic E-state index is -0.667. The van der Waals surface area contributed by atoms with Gasteiger partial charge in [0.15, 0.2) is 0 Å². The maximum atomic E-state index is 12.9. The van der Waals surface area contributed by atoms with Crippen molar-refractivity contribution < 1.29 is 14.0 Å². The SMILES string of the molecule is O=C(O/N=C(\c1ccccc1)c1ccccn1)c1ccc(F)cc1. The lowest BCUT2D eigenvalue weighted by molar-refractivity contribution is 0.0517. The quantitative estimate of drug-likeness (QED) is 0.417. The minimum Gasteiger partial charge on any atom is -0.312 e. The van der Waals surface area contributed by atoms with Gasteiger partial charge in [0.05, 0.1) is 11.3 Å². The number of rotatable bonds is 4. The largest absolute Gasteiger partial charge is 0.365 e. The highest BCUT2D eigenvalue weighted by molar-refractivity contribution is 6.11. The zero-order chi connectivity index (χ0) is 16.8. The fraction of sp³-hybridized carbons (Fsp3) is 0. The molecule has 0 aliphatic heterocycles. The van der Waals surface area contributed by atoms with Crippen LogP contribution >= 0.6 is 0 Å². The van der Waals surface area contributed by atoms with E-state index in [4.69, 9.17) is 4.84 Å². The van der Waals surface area contributed by atoms with Gasteiger partial charge in [0, 0.05) is 11.8 Å². The summed E-state index contributed by atoms with van der Waals surface area (Å²) in [4.78, 5) is 21.3. The Morgan fingerprint density at radius 2 is 1.58 bits per heavy atom. The molecule has 3 aromatic rings. The minimum absolute atomic E-state index is 0.216. The highest BCUT2D eigenvalue weighted by Crippen LogP contribution is 2.11. The van der Waals surface area contributed by atoms with E-state index < -0.39 is 11.8 Å². The van der Waals surface area contributed by atoms with Crippen LogP contribution in [0.1, 0.15) is 21.6 Å². The number of oxime groups is 1. The molecule has 0 saturated carbocycles. The monoisotopic (exact) mass is 320 g/mol. The molecule has 118 valence electrons. The Balaban J connectivity index is 1.90. The van der Waals surface area contributed by atoms with Gasteiger partial charge in [-0.25, -0.2) is 9.18 Å². The summed E-state index contributed by atoms with van der Waals surface area (Å²) in [6, 6.07) is 19.7. The molecule has 0 radical (unpaired) electrons. The number of hydrogen-bond donors (Lipinski definition) is 0. The maximum Gasteiger partial charge on any atom is 0.365 e. The first-order chi connectivity index (χ1) is 11.7. The maximum absolute atomic E-state index is 12.9. The van der Waals surface area contributed by atoms with Crippen LogP contribution in [0.3, 0.4) is 0 Å². The molecule has 24 heavy (non-hydrogen) atoms. The molecular formula is C19H13FN2O2. The van der Waals surface area contributed by atoms with Gasteiger partial charge < -0.3 is 4.84 Å². The fourth-order valence-corrected chi connectivity index (χ4v) is 2.07. The molecule has 0 aliphatic rings. The lowest BCUT2D eigenvalue weighted by Crippen LogP contribution is -2.09. The molecule has 0 N–H and O–H groups in total. The van der Waals surface area contributed by atoms with Crippen LogP contribution in [-0.4, -0.2) is 16.7 Å². The molecule has 0 aliphatic carbocycles. The molecule has 0 spiro atoms. The van der Waals surface area contributed by atoms with Crippen molar-refractivity contribution in [3.05, 3.63) is 102 Å². The van der Waals surface area contributed by atoms with Gasteiger partial charge in [-0.05, 0) is 36.4 Å².